The van der Waals surface area contributed by atoms with Gasteiger partial charge in [-0.25, -0.2) is 4.79 Å². The van der Waals surface area contributed by atoms with Crippen molar-refractivity contribution < 1.29 is 32.8 Å². The Morgan fingerprint density at radius 2 is 1.42 bits per heavy atom. The van der Waals surface area contributed by atoms with Crippen molar-refractivity contribution in [2.75, 3.05) is 57.9 Å². The molecule has 2 heterocycles. The standard InChI is InChI=1S/C15H19N3O2.C9H11NO3S.C8H10O2.2C2H6/c1-10-12-5-4-11(8-13(12)15(20)17-10)16-9-14(19)18-6-2-3-7-18;1-13-9(11)10-7-3-5-8(6-4-7)14(2)12;1-9-7-5-3-4-6-8(7)10-2;2*1-2/h4-5,8,10,16H,2-3,6-7,9H2,1H3,(H,17,20);3-6H,1-2H3,(H,10,11);3-6H,1-2H3;2*1-2H3. The number of hydrogen-bond acceptors (Lipinski definition) is 8. The second-order valence-corrected chi connectivity index (χ2v) is 11.3. The van der Waals surface area contributed by atoms with Crippen LogP contribution in [-0.2, 0) is 20.3 Å². The summed E-state index contributed by atoms with van der Waals surface area (Å²) in [5.41, 5.74) is 3.16. The van der Waals surface area contributed by atoms with E-state index < -0.39 is 16.9 Å². The summed E-state index contributed by atoms with van der Waals surface area (Å²) in [5.74, 6) is 1.62. The zero-order chi connectivity index (χ0) is 36.1. The zero-order valence-corrected chi connectivity index (χ0v) is 30.5. The number of anilines is 2. The number of ether oxygens (including phenoxy) is 3. The molecule has 2 unspecified atom stereocenters. The molecule has 48 heavy (non-hydrogen) atoms. The molecule has 1 saturated heterocycles. The number of likely N-dealkylation sites (tertiary alicyclic amines) is 1. The summed E-state index contributed by atoms with van der Waals surface area (Å²) in [6, 6.07) is 20.0. The lowest BCUT2D eigenvalue weighted by Crippen LogP contribution is -2.32. The van der Waals surface area contributed by atoms with Gasteiger partial charge in [0.25, 0.3) is 5.91 Å². The number of amides is 3. The highest BCUT2D eigenvalue weighted by atomic mass is 32.2. The van der Waals surface area contributed by atoms with Crippen LogP contribution in [0.15, 0.2) is 71.6 Å². The zero-order valence-electron chi connectivity index (χ0n) is 29.7. The van der Waals surface area contributed by atoms with E-state index in [1.807, 2.05) is 82.0 Å². The molecule has 0 aliphatic carbocycles. The second-order valence-electron chi connectivity index (χ2n) is 9.89. The van der Waals surface area contributed by atoms with Crippen LogP contribution in [0.25, 0.3) is 0 Å². The van der Waals surface area contributed by atoms with Gasteiger partial charge >= 0.3 is 6.09 Å². The lowest BCUT2D eigenvalue weighted by molar-refractivity contribution is -0.128. The Hall–Kier alpha value is -4.58. The lowest BCUT2D eigenvalue weighted by Gasteiger charge is -2.16. The van der Waals surface area contributed by atoms with Gasteiger partial charge in [0.1, 0.15) is 0 Å². The summed E-state index contributed by atoms with van der Waals surface area (Å²) >= 11 is 0. The fourth-order valence-electron chi connectivity index (χ4n) is 4.53. The van der Waals surface area contributed by atoms with Crippen LogP contribution in [0.5, 0.6) is 11.5 Å². The maximum absolute atomic E-state index is 12.0. The molecule has 0 spiro atoms. The number of benzene rings is 3. The Bertz CT molecular complexity index is 1420. The molecule has 5 rings (SSSR count). The van der Waals surface area contributed by atoms with Gasteiger partial charge in [-0.1, -0.05) is 45.9 Å². The minimum absolute atomic E-state index is 0.0398. The van der Waals surface area contributed by atoms with E-state index in [1.165, 1.54) is 7.11 Å². The van der Waals surface area contributed by atoms with Crippen molar-refractivity contribution in [1.82, 2.24) is 10.2 Å². The number of fused-ring (bicyclic) bond motifs is 1. The van der Waals surface area contributed by atoms with E-state index in [4.69, 9.17) is 9.47 Å². The number of carbonyl (C=O) groups excluding carboxylic acids is 3. The van der Waals surface area contributed by atoms with Crippen LogP contribution in [0.4, 0.5) is 16.2 Å². The van der Waals surface area contributed by atoms with E-state index in [2.05, 4.69) is 20.7 Å². The quantitative estimate of drug-likeness (QED) is 0.245. The average Bonchev–Trinajstić information content (AvgIpc) is 3.77. The summed E-state index contributed by atoms with van der Waals surface area (Å²) in [6.45, 7) is 12.0. The van der Waals surface area contributed by atoms with Gasteiger partial charge in [-0.2, -0.15) is 0 Å². The molecule has 3 N–H and O–H groups in total. The minimum Gasteiger partial charge on any atom is -0.493 e. The summed E-state index contributed by atoms with van der Waals surface area (Å²) in [6.07, 6.45) is 3.28. The van der Waals surface area contributed by atoms with E-state index in [9.17, 15) is 18.6 Å². The third-order valence-corrected chi connectivity index (χ3v) is 7.86. The molecule has 2 atom stereocenters. The molecule has 11 nitrogen and oxygen atoms in total. The largest absolute Gasteiger partial charge is 0.493 e. The van der Waals surface area contributed by atoms with Gasteiger partial charge in [0, 0.05) is 52.0 Å². The summed E-state index contributed by atoms with van der Waals surface area (Å²) in [7, 11) is 3.55. The number of hydrogen-bond donors (Lipinski definition) is 3. The van der Waals surface area contributed by atoms with Crippen LogP contribution in [0.3, 0.4) is 0 Å². The summed E-state index contributed by atoms with van der Waals surface area (Å²) in [5, 5.41) is 8.49. The van der Waals surface area contributed by atoms with Crippen LogP contribution in [-0.4, -0.2) is 74.2 Å². The third kappa shape index (κ3) is 13.3. The van der Waals surface area contributed by atoms with Crippen LogP contribution in [0, 0.1) is 0 Å². The van der Waals surface area contributed by atoms with Crippen molar-refractivity contribution in [1.29, 1.82) is 0 Å². The van der Waals surface area contributed by atoms with Crippen molar-refractivity contribution in [3.8, 4) is 11.5 Å². The normalized spacial score (nSPS) is 14.2. The summed E-state index contributed by atoms with van der Waals surface area (Å²) in [4.78, 5) is 37.1. The van der Waals surface area contributed by atoms with Crippen molar-refractivity contribution in [2.24, 2.45) is 0 Å². The molecule has 264 valence electrons. The molecule has 2 aliphatic heterocycles. The molecule has 2 aliphatic rings. The highest BCUT2D eigenvalue weighted by molar-refractivity contribution is 7.84. The molecular weight excluding hydrogens is 632 g/mol. The van der Waals surface area contributed by atoms with Gasteiger partial charge in [0.2, 0.25) is 5.91 Å². The van der Waals surface area contributed by atoms with Gasteiger partial charge in [0.15, 0.2) is 11.5 Å². The Morgan fingerprint density at radius 1 is 0.875 bits per heavy atom. The Morgan fingerprint density at radius 3 is 1.92 bits per heavy atom. The van der Waals surface area contributed by atoms with E-state index in [-0.39, 0.29) is 24.4 Å². The number of carbonyl (C=O) groups is 3. The molecule has 0 bridgehead atoms. The van der Waals surface area contributed by atoms with Gasteiger partial charge in [0.05, 0.1) is 33.9 Å². The Kier molecular flexibility index (Phi) is 19.7. The molecule has 0 radical (unpaired) electrons. The molecule has 12 heteroatoms. The van der Waals surface area contributed by atoms with Gasteiger partial charge < -0.3 is 29.7 Å². The molecule has 0 aromatic heterocycles. The maximum atomic E-state index is 12.0. The molecular formula is C36H52N4O7S. The van der Waals surface area contributed by atoms with Crippen LogP contribution < -0.4 is 25.4 Å². The topological polar surface area (TPSA) is 135 Å². The summed E-state index contributed by atoms with van der Waals surface area (Å²) < 4.78 is 25.5. The highest BCUT2D eigenvalue weighted by Crippen LogP contribution is 2.27. The van der Waals surface area contributed by atoms with Crippen molar-refractivity contribution >= 4 is 40.1 Å². The first-order valence-electron chi connectivity index (χ1n) is 16.1. The molecule has 3 amide bonds. The smallest absolute Gasteiger partial charge is 0.411 e. The SMILES string of the molecule is CC.CC.CC1NC(=O)c2cc(NCC(=O)N3CCCC3)ccc21.COC(=O)Nc1ccc(S(C)=O)cc1.COc1ccccc1OC. The van der Waals surface area contributed by atoms with Crippen LogP contribution in [0.2, 0.25) is 0 Å². The minimum atomic E-state index is -0.996. The van der Waals surface area contributed by atoms with Gasteiger partial charge in [-0.3, -0.25) is 19.1 Å². The van der Waals surface area contributed by atoms with Crippen molar-refractivity contribution in [3.05, 3.63) is 77.9 Å². The second kappa shape index (κ2) is 22.9. The number of methoxy groups -OCH3 is 3. The lowest BCUT2D eigenvalue weighted by atomic mass is 10.1. The molecule has 3 aromatic rings. The van der Waals surface area contributed by atoms with Crippen molar-refractivity contribution in [3.63, 3.8) is 0 Å². The Labute approximate surface area is 288 Å². The van der Waals surface area contributed by atoms with Gasteiger partial charge in [-0.15, -0.1) is 0 Å². The third-order valence-electron chi connectivity index (χ3n) is 6.92. The predicted molar refractivity (Wildman–Crippen MR) is 194 cm³/mol. The van der Waals surface area contributed by atoms with Gasteiger partial charge in [-0.05, 0) is 73.9 Å². The molecule has 0 saturated carbocycles. The number of nitrogens with zero attached hydrogens (tertiary/aromatic N) is 1. The highest BCUT2D eigenvalue weighted by Gasteiger charge is 2.25. The van der Waals surface area contributed by atoms with E-state index in [0.717, 1.165) is 53.6 Å². The Balaban J connectivity index is 0.000000361. The number of para-hydroxylation sites is 2. The first-order chi connectivity index (χ1) is 23.2. The van der Waals surface area contributed by atoms with E-state index in [0.29, 0.717) is 11.3 Å². The molecule has 1 fully saturated rings. The van der Waals surface area contributed by atoms with Crippen LogP contribution >= 0.6 is 0 Å². The van der Waals surface area contributed by atoms with E-state index >= 15 is 0 Å². The predicted octanol–water partition coefficient (Wildman–Crippen LogP) is 6.88. The fourth-order valence-corrected chi connectivity index (χ4v) is 5.05. The number of nitrogens with one attached hydrogen (secondary N) is 3. The first-order valence-corrected chi connectivity index (χ1v) is 17.6. The maximum Gasteiger partial charge on any atom is 0.411 e. The average molecular weight is 685 g/mol. The van der Waals surface area contributed by atoms with Crippen molar-refractivity contribution in [2.45, 2.75) is 58.4 Å². The van der Waals surface area contributed by atoms with E-state index in [1.54, 1.807) is 44.7 Å². The molecule has 3 aromatic carbocycles. The fraction of sp³-hybridized carbons (Fsp3) is 0.417. The van der Waals surface area contributed by atoms with Crippen LogP contribution in [0.1, 0.15) is 69.4 Å². The monoisotopic (exact) mass is 684 g/mol. The first kappa shape index (κ1) is 41.4. The number of rotatable bonds is 7.